The summed E-state index contributed by atoms with van der Waals surface area (Å²) < 4.78 is 0. The topological polar surface area (TPSA) is 127 Å². The van der Waals surface area contributed by atoms with Crippen LogP contribution in [0.1, 0.15) is 51.9 Å². The summed E-state index contributed by atoms with van der Waals surface area (Å²) in [4.78, 5) is 20.4. The molecule has 0 aromatic rings. The lowest BCUT2D eigenvalue weighted by molar-refractivity contribution is -0.143. The second-order valence-corrected chi connectivity index (χ2v) is 5.05. The zero-order valence-corrected chi connectivity index (χ0v) is 11.5. The summed E-state index contributed by atoms with van der Waals surface area (Å²) in [5.41, 5.74) is 11.1. The highest BCUT2D eigenvalue weighted by Crippen LogP contribution is 2.22. The van der Waals surface area contributed by atoms with Gasteiger partial charge in [0, 0.05) is 18.5 Å². The fourth-order valence-corrected chi connectivity index (χ4v) is 1.88. The van der Waals surface area contributed by atoms with Crippen LogP contribution in [-0.2, 0) is 9.59 Å². The van der Waals surface area contributed by atoms with Gasteiger partial charge in [0.2, 0.25) is 0 Å². The van der Waals surface area contributed by atoms with Crippen molar-refractivity contribution in [2.45, 2.75) is 64.0 Å². The van der Waals surface area contributed by atoms with Gasteiger partial charge in [-0.2, -0.15) is 0 Å². The van der Waals surface area contributed by atoms with Gasteiger partial charge < -0.3 is 21.7 Å². The van der Waals surface area contributed by atoms with Crippen molar-refractivity contribution in [1.29, 1.82) is 0 Å². The summed E-state index contributed by atoms with van der Waals surface area (Å²) in [6, 6.07) is 0.302. The van der Waals surface area contributed by atoms with Crippen molar-refractivity contribution in [1.82, 2.24) is 0 Å². The monoisotopic (exact) mass is 274 g/mol. The molecule has 6 N–H and O–H groups in total. The summed E-state index contributed by atoms with van der Waals surface area (Å²) in [7, 11) is 0. The van der Waals surface area contributed by atoms with Crippen molar-refractivity contribution in [3.63, 3.8) is 0 Å². The SMILES string of the molecule is CCC(N)CCC(=O)O.NC1CCC(C(=O)O)CC1. The number of rotatable bonds is 5. The van der Waals surface area contributed by atoms with Crippen molar-refractivity contribution in [3.8, 4) is 0 Å². The molecular formula is C13H26N2O4. The first-order valence-corrected chi connectivity index (χ1v) is 6.82. The van der Waals surface area contributed by atoms with E-state index in [-0.39, 0.29) is 24.4 Å². The number of nitrogens with two attached hydrogens (primary N) is 2. The molecule has 0 bridgehead atoms. The van der Waals surface area contributed by atoms with Gasteiger partial charge in [0.1, 0.15) is 0 Å². The maximum atomic E-state index is 10.4. The van der Waals surface area contributed by atoms with Gasteiger partial charge in [-0.25, -0.2) is 0 Å². The molecule has 1 fully saturated rings. The highest BCUT2D eigenvalue weighted by molar-refractivity contribution is 5.70. The van der Waals surface area contributed by atoms with Gasteiger partial charge in [0.05, 0.1) is 5.92 Å². The Morgan fingerprint density at radius 1 is 1.21 bits per heavy atom. The quantitative estimate of drug-likeness (QED) is 0.596. The van der Waals surface area contributed by atoms with Crippen molar-refractivity contribution in [2.24, 2.45) is 17.4 Å². The van der Waals surface area contributed by atoms with Gasteiger partial charge in [-0.05, 0) is 38.5 Å². The lowest BCUT2D eigenvalue weighted by Crippen LogP contribution is -2.29. The summed E-state index contributed by atoms with van der Waals surface area (Å²) in [6.45, 7) is 1.95. The van der Waals surface area contributed by atoms with Crippen molar-refractivity contribution in [2.75, 3.05) is 0 Å². The predicted molar refractivity (Wildman–Crippen MR) is 72.7 cm³/mol. The third kappa shape index (κ3) is 9.44. The lowest BCUT2D eigenvalue weighted by atomic mass is 9.87. The molecule has 0 radical (unpaired) electrons. The number of hydrogen-bond donors (Lipinski definition) is 4. The molecule has 1 atom stereocenters. The molecule has 0 saturated heterocycles. The van der Waals surface area contributed by atoms with Crippen LogP contribution in [0.25, 0.3) is 0 Å². The van der Waals surface area contributed by atoms with E-state index >= 15 is 0 Å². The summed E-state index contributed by atoms with van der Waals surface area (Å²) in [6.07, 6.45) is 4.90. The molecule has 19 heavy (non-hydrogen) atoms. The molecule has 0 heterocycles. The van der Waals surface area contributed by atoms with Crippen LogP contribution in [0.4, 0.5) is 0 Å². The number of carboxylic acids is 2. The maximum Gasteiger partial charge on any atom is 0.306 e. The lowest BCUT2D eigenvalue weighted by Gasteiger charge is -2.22. The molecule has 6 nitrogen and oxygen atoms in total. The zero-order valence-electron chi connectivity index (χ0n) is 11.5. The fourth-order valence-electron chi connectivity index (χ4n) is 1.88. The second-order valence-electron chi connectivity index (χ2n) is 5.05. The Labute approximate surface area is 114 Å². The molecule has 1 rings (SSSR count). The molecule has 1 saturated carbocycles. The number of carboxylic acid groups (broad SMARTS) is 2. The third-order valence-corrected chi connectivity index (χ3v) is 3.37. The van der Waals surface area contributed by atoms with Gasteiger partial charge >= 0.3 is 11.9 Å². The summed E-state index contributed by atoms with van der Waals surface area (Å²) in [5, 5.41) is 16.8. The average Bonchev–Trinajstić information content (AvgIpc) is 2.37. The smallest absolute Gasteiger partial charge is 0.306 e. The van der Waals surface area contributed by atoms with Gasteiger partial charge in [-0.1, -0.05) is 6.92 Å². The largest absolute Gasteiger partial charge is 0.481 e. The molecule has 1 aliphatic carbocycles. The highest BCUT2D eigenvalue weighted by Gasteiger charge is 2.23. The van der Waals surface area contributed by atoms with Crippen LogP contribution in [-0.4, -0.2) is 34.2 Å². The van der Waals surface area contributed by atoms with Gasteiger partial charge in [-0.3, -0.25) is 9.59 Å². The van der Waals surface area contributed by atoms with Crippen LogP contribution < -0.4 is 11.5 Å². The first-order chi connectivity index (χ1) is 8.86. The standard InChI is InChI=1S/C7H13NO2.C6H13NO2/c8-6-3-1-5(2-4-6)7(9)10;1-2-5(7)3-4-6(8)9/h5-6H,1-4,8H2,(H,9,10);5H,2-4,7H2,1H3,(H,8,9). The van der Waals surface area contributed by atoms with E-state index < -0.39 is 11.9 Å². The van der Waals surface area contributed by atoms with Crippen LogP contribution in [0, 0.1) is 5.92 Å². The molecule has 0 amide bonds. The van der Waals surface area contributed by atoms with E-state index in [1.54, 1.807) is 0 Å². The van der Waals surface area contributed by atoms with Crippen LogP contribution in [0.15, 0.2) is 0 Å². The van der Waals surface area contributed by atoms with Crippen molar-refractivity contribution in [3.05, 3.63) is 0 Å². The Hall–Kier alpha value is -1.14. The van der Waals surface area contributed by atoms with E-state index in [1.807, 2.05) is 6.92 Å². The van der Waals surface area contributed by atoms with E-state index in [9.17, 15) is 9.59 Å². The summed E-state index contributed by atoms with van der Waals surface area (Å²) >= 11 is 0. The molecule has 1 unspecified atom stereocenters. The zero-order chi connectivity index (χ0) is 14.8. The molecule has 0 aliphatic heterocycles. The second kappa shape index (κ2) is 9.75. The average molecular weight is 274 g/mol. The van der Waals surface area contributed by atoms with E-state index in [0.717, 1.165) is 32.1 Å². The van der Waals surface area contributed by atoms with Crippen LogP contribution in [0.2, 0.25) is 0 Å². The molecule has 1 aliphatic rings. The van der Waals surface area contributed by atoms with E-state index in [2.05, 4.69) is 0 Å². The number of aliphatic carboxylic acids is 2. The van der Waals surface area contributed by atoms with E-state index in [0.29, 0.717) is 6.42 Å². The van der Waals surface area contributed by atoms with E-state index in [4.69, 9.17) is 21.7 Å². The predicted octanol–water partition coefficient (Wildman–Crippen LogP) is 1.18. The van der Waals surface area contributed by atoms with Crippen molar-refractivity contribution < 1.29 is 19.8 Å². The Balaban J connectivity index is 0.000000344. The minimum absolute atomic E-state index is 0.0566. The Kier molecular flexibility index (Phi) is 9.16. The molecule has 6 heteroatoms. The minimum Gasteiger partial charge on any atom is -0.481 e. The van der Waals surface area contributed by atoms with Crippen LogP contribution in [0.5, 0.6) is 0 Å². The molecule has 112 valence electrons. The fraction of sp³-hybridized carbons (Fsp3) is 0.846. The molecule has 0 spiro atoms. The first-order valence-electron chi connectivity index (χ1n) is 6.82. The number of hydrogen-bond acceptors (Lipinski definition) is 4. The molecule has 0 aromatic heterocycles. The Morgan fingerprint density at radius 2 is 1.74 bits per heavy atom. The third-order valence-electron chi connectivity index (χ3n) is 3.37. The molecular weight excluding hydrogens is 248 g/mol. The summed E-state index contributed by atoms with van der Waals surface area (Å²) in [5.74, 6) is -1.55. The normalized spacial score (nSPS) is 23.9. The van der Waals surface area contributed by atoms with Gasteiger partial charge in [-0.15, -0.1) is 0 Å². The van der Waals surface area contributed by atoms with Crippen LogP contribution in [0.3, 0.4) is 0 Å². The van der Waals surface area contributed by atoms with E-state index in [1.165, 1.54) is 0 Å². The number of carbonyl (C=O) groups is 2. The maximum absolute atomic E-state index is 10.4. The van der Waals surface area contributed by atoms with Gasteiger partial charge in [0.25, 0.3) is 0 Å². The molecule has 0 aromatic carbocycles. The van der Waals surface area contributed by atoms with Crippen molar-refractivity contribution >= 4 is 11.9 Å². The Bertz CT molecular complexity index is 276. The van der Waals surface area contributed by atoms with Crippen LogP contribution >= 0.6 is 0 Å². The Morgan fingerprint density at radius 3 is 2.11 bits per heavy atom. The van der Waals surface area contributed by atoms with Gasteiger partial charge in [0.15, 0.2) is 0 Å². The first kappa shape index (κ1) is 17.9. The minimum atomic E-state index is -0.765. The highest BCUT2D eigenvalue weighted by atomic mass is 16.4.